The fraction of sp³-hybridized carbons (Fsp3) is 0.529. The van der Waals surface area contributed by atoms with Crippen molar-refractivity contribution < 1.29 is 14.9 Å². The minimum atomic E-state index is -0.796. The van der Waals surface area contributed by atoms with Gasteiger partial charge in [-0.2, -0.15) is 0 Å². The molecule has 0 amide bonds. The Morgan fingerprint density at radius 1 is 1.30 bits per heavy atom. The van der Waals surface area contributed by atoms with Crippen LogP contribution in [0.3, 0.4) is 0 Å². The zero-order valence-electron chi connectivity index (χ0n) is 12.7. The fourth-order valence-corrected chi connectivity index (χ4v) is 3.23. The molecule has 0 aliphatic heterocycles. The number of rotatable bonds is 3. The van der Waals surface area contributed by atoms with Crippen molar-refractivity contribution in [3.05, 3.63) is 35.4 Å². The van der Waals surface area contributed by atoms with Gasteiger partial charge in [-0.1, -0.05) is 17.7 Å². The van der Waals surface area contributed by atoms with Crippen LogP contribution in [0.2, 0.25) is 0 Å². The number of benzene rings is 1. The van der Waals surface area contributed by atoms with Crippen LogP contribution in [0, 0.1) is 5.92 Å². The lowest BCUT2D eigenvalue weighted by Crippen LogP contribution is -2.36. The number of aliphatic hydroxyl groups is 1. The second-order valence-corrected chi connectivity index (χ2v) is 6.25. The van der Waals surface area contributed by atoms with Crippen LogP contribution in [0.1, 0.15) is 45.1 Å². The molecule has 0 saturated heterocycles. The van der Waals surface area contributed by atoms with E-state index in [1.165, 1.54) is 5.57 Å². The van der Waals surface area contributed by atoms with Gasteiger partial charge in [0.2, 0.25) is 0 Å². The highest BCUT2D eigenvalue weighted by molar-refractivity contribution is 5.48. The maximum atomic E-state index is 10.5. The summed E-state index contributed by atoms with van der Waals surface area (Å²) < 4.78 is 5.41. The highest BCUT2D eigenvalue weighted by Crippen LogP contribution is 2.48. The molecule has 2 atom stereocenters. The largest absolute Gasteiger partial charge is 0.508 e. The molecule has 1 aliphatic carbocycles. The van der Waals surface area contributed by atoms with Gasteiger partial charge in [-0.3, -0.25) is 0 Å². The van der Waals surface area contributed by atoms with E-state index in [1.54, 1.807) is 19.2 Å². The lowest BCUT2D eigenvalue weighted by molar-refractivity contribution is 0.00269. The molecule has 0 radical (unpaired) electrons. The zero-order chi connectivity index (χ0) is 14.9. The number of ether oxygens (including phenoxy) is 1. The molecule has 0 saturated carbocycles. The van der Waals surface area contributed by atoms with E-state index >= 15 is 0 Å². The van der Waals surface area contributed by atoms with Crippen LogP contribution < -0.4 is 4.74 Å². The fourth-order valence-electron chi connectivity index (χ4n) is 3.23. The Morgan fingerprint density at radius 3 is 2.60 bits per heavy atom. The SMILES string of the molecule is COc1cccc(O)c1[C@@H]1CC(C)=CC[C@H]1C(C)(C)O. The van der Waals surface area contributed by atoms with E-state index < -0.39 is 5.60 Å². The summed E-state index contributed by atoms with van der Waals surface area (Å²) in [6, 6.07) is 5.33. The highest BCUT2D eigenvalue weighted by atomic mass is 16.5. The molecule has 0 fully saturated rings. The van der Waals surface area contributed by atoms with Crippen LogP contribution in [0.4, 0.5) is 0 Å². The molecule has 0 heterocycles. The van der Waals surface area contributed by atoms with Crippen molar-refractivity contribution in [3.63, 3.8) is 0 Å². The maximum Gasteiger partial charge on any atom is 0.126 e. The normalized spacial score (nSPS) is 23.4. The predicted octanol–water partition coefficient (Wildman–Crippen LogP) is 3.61. The molecule has 110 valence electrons. The number of hydrogen-bond acceptors (Lipinski definition) is 3. The summed E-state index contributed by atoms with van der Waals surface area (Å²) in [4.78, 5) is 0. The summed E-state index contributed by atoms with van der Waals surface area (Å²) in [5.74, 6) is 1.07. The summed E-state index contributed by atoms with van der Waals surface area (Å²) in [7, 11) is 1.61. The minimum Gasteiger partial charge on any atom is -0.508 e. The molecule has 1 aromatic rings. The Bertz CT molecular complexity index is 511. The van der Waals surface area contributed by atoms with Crippen molar-refractivity contribution in [2.24, 2.45) is 5.92 Å². The van der Waals surface area contributed by atoms with Crippen LogP contribution >= 0.6 is 0 Å². The Hall–Kier alpha value is -1.48. The van der Waals surface area contributed by atoms with E-state index in [0.717, 1.165) is 18.4 Å². The molecule has 1 aromatic carbocycles. The van der Waals surface area contributed by atoms with E-state index in [4.69, 9.17) is 4.74 Å². The number of allylic oxidation sites excluding steroid dienone is 2. The van der Waals surface area contributed by atoms with Crippen molar-refractivity contribution >= 4 is 0 Å². The molecule has 0 unspecified atom stereocenters. The van der Waals surface area contributed by atoms with Gasteiger partial charge in [-0.25, -0.2) is 0 Å². The monoisotopic (exact) mass is 276 g/mol. The summed E-state index contributed by atoms with van der Waals surface area (Å²) >= 11 is 0. The van der Waals surface area contributed by atoms with Gasteiger partial charge < -0.3 is 14.9 Å². The first-order valence-electron chi connectivity index (χ1n) is 7.08. The van der Waals surface area contributed by atoms with Gasteiger partial charge in [0.25, 0.3) is 0 Å². The first-order valence-corrected chi connectivity index (χ1v) is 7.08. The van der Waals surface area contributed by atoms with Crippen molar-refractivity contribution in [1.29, 1.82) is 0 Å². The maximum absolute atomic E-state index is 10.5. The van der Waals surface area contributed by atoms with Gasteiger partial charge in [0.15, 0.2) is 0 Å². The van der Waals surface area contributed by atoms with Crippen molar-refractivity contribution in [3.8, 4) is 11.5 Å². The lowest BCUT2D eigenvalue weighted by atomic mass is 9.69. The van der Waals surface area contributed by atoms with Gasteiger partial charge in [0.05, 0.1) is 12.7 Å². The first-order chi connectivity index (χ1) is 9.34. The van der Waals surface area contributed by atoms with Gasteiger partial charge in [0, 0.05) is 11.5 Å². The van der Waals surface area contributed by atoms with Crippen LogP contribution in [0.25, 0.3) is 0 Å². The van der Waals surface area contributed by atoms with E-state index in [2.05, 4.69) is 13.0 Å². The molecule has 1 aliphatic rings. The third-order valence-electron chi connectivity index (χ3n) is 4.29. The molecule has 2 rings (SSSR count). The number of phenols is 1. The molecule has 20 heavy (non-hydrogen) atoms. The predicted molar refractivity (Wildman–Crippen MR) is 80.2 cm³/mol. The minimum absolute atomic E-state index is 0.0633. The van der Waals surface area contributed by atoms with Gasteiger partial charge >= 0.3 is 0 Å². The number of hydrogen-bond donors (Lipinski definition) is 2. The molecular weight excluding hydrogens is 252 g/mol. The van der Waals surface area contributed by atoms with E-state index in [9.17, 15) is 10.2 Å². The average molecular weight is 276 g/mol. The Kier molecular flexibility index (Phi) is 4.09. The summed E-state index contributed by atoms with van der Waals surface area (Å²) in [6.45, 7) is 5.78. The van der Waals surface area contributed by atoms with Crippen molar-refractivity contribution in [2.75, 3.05) is 7.11 Å². The van der Waals surface area contributed by atoms with Gasteiger partial charge in [-0.05, 0) is 51.7 Å². The van der Waals surface area contributed by atoms with Crippen LogP contribution in [-0.2, 0) is 0 Å². The molecule has 3 nitrogen and oxygen atoms in total. The third-order valence-corrected chi connectivity index (χ3v) is 4.29. The highest BCUT2D eigenvalue weighted by Gasteiger charge is 2.38. The van der Waals surface area contributed by atoms with Crippen LogP contribution in [-0.4, -0.2) is 22.9 Å². The first kappa shape index (κ1) is 14.9. The Labute approximate surface area is 120 Å². The topological polar surface area (TPSA) is 49.7 Å². The van der Waals surface area contributed by atoms with Gasteiger partial charge in [-0.15, -0.1) is 0 Å². The summed E-state index contributed by atoms with van der Waals surface area (Å²) in [5.41, 5.74) is 1.31. The Balaban J connectivity index is 2.51. The summed E-state index contributed by atoms with van der Waals surface area (Å²) in [6.07, 6.45) is 3.84. The van der Waals surface area contributed by atoms with E-state index in [-0.39, 0.29) is 17.6 Å². The number of aromatic hydroxyl groups is 1. The smallest absolute Gasteiger partial charge is 0.126 e. The van der Waals surface area contributed by atoms with E-state index in [1.807, 2.05) is 19.9 Å². The molecule has 0 aromatic heterocycles. The number of phenolic OH excluding ortho intramolecular Hbond substituents is 1. The summed E-state index contributed by atoms with van der Waals surface area (Å²) in [5, 5.41) is 20.7. The van der Waals surface area contributed by atoms with Crippen molar-refractivity contribution in [2.45, 2.75) is 45.1 Å². The number of methoxy groups -OCH3 is 1. The molecule has 0 bridgehead atoms. The standard InChI is InChI=1S/C17H24O3/c1-11-8-9-13(17(2,3)19)12(10-11)16-14(18)6-5-7-15(16)20-4/h5-8,12-13,18-19H,9-10H2,1-4H3/t12-,13-/m1/s1. The third kappa shape index (κ3) is 2.83. The Morgan fingerprint density at radius 2 is 2.00 bits per heavy atom. The van der Waals surface area contributed by atoms with Gasteiger partial charge in [0.1, 0.15) is 11.5 Å². The van der Waals surface area contributed by atoms with Crippen LogP contribution in [0.15, 0.2) is 29.8 Å². The molecule has 3 heteroatoms. The second-order valence-electron chi connectivity index (χ2n) is 6.25. The average Bonchev–Trinajstić information content (AvgIpc) is 2.36. The molecule has 0 spiro atoms. The molecular formula is C17H24O3. The lowest BCUT2D eigenvalue weighted by Gasteiger charge is -2.39. The van der Waals surface area contributed by atoms with Crippen molar-refractivity contribution in [1.82, 2.24) is 0 Å². The quantitative estimate of drug-likeness (QED) is 0.829. The van der Waals surface area contributed by atoms with E-state index in [0.29, 0.717) is 5.75 Å². The zero-order valence-corrected chi connectivity index (χ0v) is 12.7. The van der Waals surface area contributed by atoms with Crippen LogP contribution in [0.5, 0.6) is 11.5 Å². The second kappa shape index (κ2) is 5.49. The molecule has 2 N–H and O–H groups in total.